The van der Waals surface area contributed by atoms with Gasteiger partial charge in [-0.15, -0.1) is 0 Å². The molecule has 0 fully saturated rings. The molecule has 1 aromatic carbocycles. The lowest BCUT2D eigenvalue weighted by atomic mass is 10.1. The number of amidine groups is 1. The summed E-state index contributed by atoms with van der Waals surface area (Å²) in [5.74, 6) is 0.355. The van der Waals surface area contributed by atoms with Gasteiger partial charge in [0.15, 0.2) is 5.75 Å². The number of para-hydroxylation sites is 2. The number of nitrogen functional groups attached to an aromatic ring is 1. The Hall–Kier alpha value is -2.96. The molecule has 7 heteroatoms. The van der Waals surface area contributed by atoms with Crippen molar-refractivity contribution in [2.24, 2.45) is 5.73 Å². The maximum absolute atomic E-state index is 10.9. The van der Waals surface area contributed by atoms with Crippen molar-refractivity contribution in [2.45, 2.75) is 32.1 Å². The summed E-state index contributed by atoms with van der Waals surface area (Å²) >= 11 is 0. The molecule has 0 aliphatic carbocycles. The van der Waals surface area contributed by atoms with E-state index in [1.165, 1.54) is 6.07 Å². The number of hydrogen-bond donors (Lipinski definition) is 2. The first-order valence-electron chi connectivity index (χ1n) is 8.24. The maximum atomic E-state index is 10.9. The molecule has 0 aliphatic heterocycles. The fourth-order valence-electron chi connectivity index (χ4n) is 2.54. The van der Waals surface area contributed by atoms with Gasteiger partial charge >= 0.3 is 5.69 Å². The second-order valence-electron chi connectivity index (χ2n) is 5.65. The topological polar surface area (TPSA) is 115 Å². The van der Waals surface area contributed by atoms with E-state index in [2.05, 4.69) is 4.98 Å². The third kappa shape index (κ3) is 5.56. The molecule has 2 rings (SSSR count). The number of nitrogens with one attached hydrogen (secondary N) is 1. The van der Waals surface area contributed by atoms with E-state index >= 15 is 0 Å². The van der Waals surface area contributed by atoms with Gasteiger partial charge in [0.2, 0.25) is 0 Å². The quantitative estimate of drug-likeness (QED) is 0.225. The van der Waals surface area contributed by atoms with Crippen molar-refractivity contribution in [1.29, 1.82) is 5.41 Å². The molecule has 3 N–H and O–H groups in total. The first kappa shape index (κ1) is 18.4. The Morgan fingerprint density at radius 2 is 1.92 bits per heavy atom. The van der Waals surface area contributed by atoms with Gasteiger partial charge in [-0.25, -0.2) is 0 Å². The number of unbranched alkanes of at least 4 members (excludes halogenated alkanes) is 3. The van der Waals surface area contributed by atoms with Crippen LogP contribution in [0.3, 0.4) is 0 Å². The number of benzene rings is 1. The van der Waals surface area contributed by atoms with Crippen LogP contribution in [0.4, 0.5) is 5.69 Å². The Bertz CT molecular complexity index is 672. The van der Waals surface area contributed by atoms with Crippen molar-refractivity contribution in [3.63, 3.8) is 0 Å². The van der Waals surface area contributed by atoms with E-state index in [1.54, 1.807) is 30.5 Å². The number of hydrogen-bond acceptors (Lipinski definition) is 5. The van der Waals surface area contributed by atoms with Crippen LogP contribution in [0, 0.1) is 15.5 Å². The molecule has 0 aliphatic rings. The van der Waals surface area contributed by atoms with E-state index in [9.17, 15) is 10.1 Å². The van der Waals surface area contributed by atoms with Gasteiger partial charge in [-0.2, -0.15) is 0 Å². The van der Waals surface area contributed by atoms with Crippen molar-refractivity contribution in [3.8, 4) is 5.75 Å². The van der Waals surface area contributed by atoms with Crippen molar-refractivity contribution in [1.82, 2.24) is 4.98 Å². The molecule has 7 nitrogen and oxygen atoms in total. The minimum atomic E-state index is -0.436. The average molecular weight is 342 g/mol. The SMILES string of the molecule is N=C(N)c1cccnc1CCCCCCOc1ccccc1[N+](=O)[O-]. The van der Waals surface area contributed by atoms with E-state index in [0.29, 0.717) is 17.9 Å². The lowest BCUT2D eigenvalue weighted by molar-refractivity contribution is -0.385. The van der Waals surface area contributed by atoms with Gasteiger partial charge < -0.3 is 10.5 Å². The zero-order chi connectivity index (χ0) is 18.1. The number of nitrogens with zero attached hydrogens (tertiary/aromatic N) is 2. The molecule has 0 atom stereocenters. The van der Waals surface area contributed by atoms with E-state index < -0.39 is 4.92 Å². The van der Waals surface area contributed by atoms with Gasteiger partial charge in [0.05, 0.1) is 17.2 Å². The molecule has 0 spiro atoms. The van der Waals surface area contributed by atoms with E-state index in [-0.39, 0.29) is 11.5 Å². The number of aryl methyl sites for hydroxylation is 1. The van der Waals surface area contributed by atoms with Gasteiger partial charge in [-0.3, -0.25) is 20.5 Å². The molecule has 0 saturated carbocycles. The Labute approximate surface area is 146 Å². The molecule has 25 heavy (non-hydrogen) atoms. The molecule has 1 aromatic heterocycles. The van der Waals surface area contributed by atoms with Crippen LogP contribution in [-0.4, -0.2) is 22.3 Å². The Morgan fingerprint density at radius 1 is 1.16 bits per heavy atom. The fraction of sp³-hybridized carbons (Fsp3) is 0.333. The van der Waals surface area contributed by atoms with Crippen LogP contribution < -0.4 is 10.5 Å². The van der Waals surface area contributed by atoms with E-state index in [4.69, 9.17) is 15.9 Å². The van der Waals surface area contributed by atoms with Crippen LogP contribution in [-0.2, 0) is 6.42 Å². The molecule has 1 heterocycles. The summed E-state index contributed by atoms with van der Waals surface area (Å²) in [6.45, 7) is 0.452. The van der Waals surface area contributed by atoms with E-state index in [0.717, 1.165) is 37.8 Å². The molecule has 0 amide bonds. The van der Waals surface area contributed by atoms with Gasteiger partial charge in [-0.05, 0) is 37.5 Å². The summed E-state index contributed by atoms with van der Waals surface area (Å²) in [6.07, 6.45) is 6.22. The molecule has 0 saturated heterocycles. The van der Waals surface area contributed by atoms with Gasteiger partial charge in [0, 0.05) is 17.8 Å². The van der Waals surface area contributed by atoms with Crippen LogP contribution in [0.15, 0.2) is 42.6 Å². The second-order valence-corrected chi connectivity index (χ2v) is 5.65. The van der Waals surface area contributed by atoms with Crippen molar-refractivity contribution < 1.29 is 9.66 Å². The predicted molar refractivity (Wildman–Crippen MR) is 96.0 cm³/mol. The number of nitrogens with two attached hydrogens (primary N) is 1. The van der Waals surface area contributed by atoms with Crippen molar-refractivity contribution >= 4 is 11.5 Å². The van der Waals surface area contributed by atoms with Gasteiger partial charge in [0.1, 0.15) is 5.84 Å². The summed E-state index contributed by atoms with van der Waals surface area (Å²) in [5, 5.41) is 18.5. The van der Waals surface area contributed by atoms with Crippen LogP contribution in [0.5, 0.6) is 5.75 Å². The number of nitro benzene ring substituents is 1. The minimum absolute atomic E-state index is 0.00517. The summed E-state index contributed by atoms with van der Waals surface area (Å²) in [6, 6.07) is 9.99. The Kier molecular flexibility index (Phi) is 6.88. The lowest BCUT2D eigenvalue weighted by Crippen LogP contribution is -2.14. The first-order chi connectivity index (χ1) is 12.1. The minimum Gasteiger partial charge on any atom is -0.487 e. The number of rotatable bonds is 10. The zero-order valence-corrected chi connectivity index (χ0v) is 14.0. The highest BCUT2D eigenvalue weighted by Crippen LogP contribution is 2.25. The summed E-state index contributed by atoms with van der Waals surface area (Å²) < 4.78 is 5.52. The van der Waals surface area contributed by atoms with Gasteiger partial charge in [-0.1, -0.05) is 25.0 Å². The van der Waals surface area contributed by atoms with Crippen LogP contribution >= 0.6 is 0 Å². The largest absolute Gasteiger partial charge is 0.487 e. The Balaban J connectivity index is 1.68. The average Bonchev–Trinajstić information content (AvgIpc) is 2.61. The highest BCUT2D eigenvalue weighted by atomic mass is 16.6. The molecule has 0 unspecified atom stereocenters. The number of nitro groups is 1. The molecule has 132 valence electrons. The Morgan fingerprint density at radius 3 is 2.68 bits per heavy atom. The van der Waals surface area contributed by atoms with Gasteiger partial charge in [0.25, 0.3) is 0 Å². The predicted octanol–water partition coefficient (Wildman–Crippen LogP) is 3.46. The van der Waals surface area contributed by atoms with Crippen LogP contribution in [0.1, 0.15) is 36.9 Å². The normalized spacial score (nSPS) is 10.4. The summed E-state index contributed by atoms with van der Waals surface area (Å²) in [5.41, 5.74) is 7.10. The molecular weight excluding hydrogens is 320 g/mol. The number of pyridine rings is 1. The smallest absolute Gasteiger partial charge is 0.310 e. The number of aromatic nitrogens is 1. The van der Waals surface area contributed by atoms with Crippen molar-refractivity contribution in [2.75, 3.05) is 6.61 Å². The van der Waals surface area contributed by atoms with Crippen molar-refractivity contribution in [3.05, 3.63) is 64.0 Å². The standard InChI is InChI=1S/C18H22N4O3/c19-18(20)14-8-7-12-21-15(14)9-3-1-2-6-13-25-17-11-5-4-10-16(17)22(23)24/h4-5,7-8,10-12H,1-3,6,9,13H2,(H3,19,20). The molecule has 2 aromatic rings. The fourth-order valence-corrected chi connectivity index (χ4v) is 2.54. The molecule has 0 bridgehead atoms. The maximum Gasteiger partial charge on any atom is 0.310 e. The molecule has 0 radical (unpaired) electrons. The summed E-state index contributed by atoms with van der Waals surface area (Å²) in [7, 11) is 0. The second kappa shape index (κ2) is 9.36. The highest BCUT2D eigenvalue weighted by Gasteiger charge is 2.13. The molecular formula is C18H22N4O3. The van der Waals surface area contributed by atoms with Crippen LogP contribution in [0.2, 0.25) is 0 Å². The zero-order valence-electron chi connectivity index (χ0n) is 14.0. The highest BCUT2D eigenvalue weighted by molar-refractivity contribution is 5.95. The first-order valence-corrected chi connectivity index (χ1v) is 8.24. The lowest BCUT2D eigenvalue weighted by Gasteiger charge is -2.08. The monoisotopic (exact) mass is 342 g/mol. The third-order valence-corrected chi connectivity index (χ3v) is 3.81. The third-order valence-electron chi connectivity index (χ3n) is 3.81. The van der Waals surface area contributed by atoms with E-state index in [1.807, 2.05) is 6.07 Å². The van der Waals surface area contributed by atoms with Crippen LogP contribution in [0.25, 0.3) is 0 Å². The summed E-state index contributed by atoms with van der Waals surface area (Å²) in [4.78, 5) is 14.8. The number of ether oxygens (including phenoxy) is 1.